The number of nitrogens with zero attached hydrogens (tertiary/aromatic N) is 2. The molecule has 0 bridgehead atoms. The average molecular weight is 403 g/mol. The quantitative estimate of drug-likeness (QED) is 0.569. The largest absolute Gasteiger partial charge is 0.338 e. The molecule has 6 nitrogen and oxygen atoms in total. The summed E-state index contributed by atoms with van der Waals surface area (Å²) in [5, 5.41) is 9.85. The Morgan fingerprint density at radius 1 is 1.38 bits per heavy atom. The van der Waals surface area contributed by atoms with Crippen LogP contribution in [-0.4, -0.2) is 34.0 Å². The van der Waals surface area contributed by atoms with Gasteiger partial charge in [0.15, 0.2) is 8.29 Å². The van der Waals surface area contributed by atoms with E-state index >= 15 is 0 Å². The Morgan fingerprint density at radius 3 is 2.75 bits per heavy atom. The Balaban J connectivity index is 1.93. The molecule has 0 saturated heterocycles. The lowest BCUT2D eigenvalue weighted by Gasteiger charge is -2.04. The van der Waals surface area contributed by atoms with Crippen LogP contribution in [0, 0.1) is 3.95 Å². The first-order valence-corrected chi connectivity index (χ1v) is 9.65. The molecule has 1 heterocycles. The van der Waals surface area contributed by atoms with E-state index in [1.54, 1.807) is 16.8 Å². The van der Waals surface area contributed by atoms with Crippen molar-refractivity contribution in [3.05, 3.63) is 33.2 Å². The van der Waals surface area contributed by atoms with Crippen LogP contribution in [0.2, 0.25) is 5.02 Å². The molecule has 0 unspecified atom stereocenters. The standard InChI is InChI=1S/C14H15ClN4O2S3/c1-2-7-16-12(21)17-11(20)8-23-13-18-19(14(22)24-13)10-5-3-9(15)4-6-10/h3-6H,2,7-8H2,1H3,(H2,16,17,20,21). The van der Waals surface area contributed by atoms with Crippen molar-refractivity contribution in [2.75, 3.05) is 12.3 Å². The zero-order valence-corrected chi connectivity index (χ0v) is 15.9. The van der Waals surface area contributed by atoms with Gasteiger partial charge in [-0.15, -0.1) is 5.10 Å². The SMILES string of the molecule is CCCNC(=O)NC(=O)CSc1nn(-c2ccc(Cl)cc2)c(=S)s1. The molecule has 0 aliphatic carbocycles. The molecule has 0 aliphatic heterocycles. The highest BCUT2D eigenvalue weighted by atomic mass is 35.5. The highest BCUT2D eigenvalue weighted by Gasteiger charge is 2.11. The normalized spacial score (nSPS) is 10.4. The third-order valence-corrected chi connectivity index (χ3v) is 5.33. The Hall–Kier alpha value is -1.42. The van der Waals surface area contributed by atoms with Crippen molar-refractivity contribution >= 4 is 58.9 Å². The number of rotatable bonds is 6. The van der Waals surface area contributed by atoms with Gasteiger partial charge in [0.1, 0.15) is 0 Å². The highest BCUT2D eigenvalue weighted by molar-refractivity contribution is 8.01. The molecular weight excluding hydrogens is 388 g/mol. The molecule has 0 fully saturated rings. The van der Waals surface area contributed by atoms with Gasteiger partial charge in [-0.05, 0) is 42.9 Å². The average Bonchev–Trinajstić information content (AvgIpc) is 2.92. The lowest BCUT2D eigenvalue weighted by atomic mass is 10.3. The van der Waals surface area contributed by atoms with E-state index in [2.05, 4.69) is 15.7 Å². The van der Waals surface area contributed by atoms with Crippen LogP contribution in [0.5, 0.6) is 0 Å². The van der Waals surface area contributed by atoms with Gasteiger partial charge in [-0.25, -0.2) is 9.48 Å². The molecule has 1 aromatic carbocycles. The van der Waals surface area contributed by atoms with Gasteiger partial charge in [0, 0.05) is 11.6 Å². The number of aromatic nitrogens is 2. The molecule has 0 aliphatic rings. The molecule has 0 atom stereocenters. The molecule has 0 spiro atoms. The van der Waals surface area contributed by atoms with Crippen LogP contribution < -0.4 is 10.6 Å². The fraction of sp³-hybridized carbons (Fsp3) is 0.286. The third-order valence-electron chi connectivity index (χ3n) is 2.72. The number of halogens is 1. The van der Waals surface area contributed by atoms with Crippen LogP contribution in [0.15, 0.2) is 28.6 Å². The molecule has 0 radical (unpaired) electrons. The van der Waals surface area contributed by atoms with E-state index in [4.69, 9.17) is 23.8 Å². The smallest absolute Gasteiger partial charge is 0.321 e. The maximum Gasteiger partial charge on any atom is 0.321 e. The van der Waals surface area contributed by atoms with Gasteiger partial charge in [0.25, 0.3) is 0 Å². The van der Waals surface area contributed by atoms with Gasteiger partial charge in [-0.3, -0.25) is 10.1 Å². The first kappa shape index (κ1) is 18.9. The summed E-state index contributed by atoms with van der Waals surface area (Å²) < 4.78 is 2.84. The van der Waals surface area contributed by atoms with E-state index in [0.717, 1.165) is 12.1 Å². The van der Waals surface area contributed by atoms with Gasteiger partial charge in [-0.1, -0.05) is 41.6 Å². The molecule has 2 N–H and O–H groups in total. The van der Waals surface area contributed by atoms with Crippen LogP contribution in [0.25, 0.3) is 5.69 Å². The van der Waals surface area contributed by atoms with Crippen LogP contribution >= 0.6 is 46.9 Å². The minimum atomic E-state index is -0.484. The van der Waals surface area contributed by atoms with Crippen molar-refractivity contribution in [1.29, 1.82) is 0 Å². The van der Waals surface area contributed by atoms with Gasteiger partial charge in [0.2, 0.25) is 5.91 Å². The molecule has 10 heteroatoms. The fourth-order valence-corrected chi connectivity index (χ4v) is 3.92. The summed E-state index contributed by atoms with van der Waals surface area (Å²) in [6.45, 7) is 2.46. The second kappa shape index (κ2) is 9.16. The van der Waals surface area contributed by atoms with E-state index in [1.807, 2.05) is 19.1 Å². The lowest BCUT2D eigenvalue weighted by molar-refractivity contribution is -0.117. The summed E-state index contributed by atoms with van der Waals surface area (Å²) in [4.78, 5) is 23.1. The number of imide groups is 1. The monoisotopic (exact) mass is 402 g/mol. The molecule has 24 heavy (non-hydrogen) atoms. The number of carbonyl (C=O) groups excluding carboxylic acids is 2. The summed E-state index contributed by atoms with van der Waals surface area (Å²) >= 11 is 13.7. The molecule has 1 aromatic heterocycles. The van der Waals surface area contributed by atoms with Crippen LogP contribution in [-0.2, 0) is 4.79 Å². The molecule has 2 aromatic rings. The predicted octanol–water partition coefficient (Wildman–Crippen LogP) is 3.64. The summed E-state index contributed by atoms with van der Waals surface area (Å²) in [7, 11) is 0. The van der Waals surface area contributed by atoms with Gasteiger partial charge < -0.3 is 5.32 Å². The molecule has 3 amide bonds. The zero-order valence-electron chi connectivity index (χ0n) is 12.7. The number of urea groups is 1. The number of nitrogens with one attached hydrogen (secondary N) is 2. The second-order valence-corrected chi connectivity index (χ2v) is 7.90. The molecule has 0 saturated carbocycles. The minimum absolute atomic E-state index is 0.0858. The van der Waals surface area contributed by atoms with Gasteiger partial charge in [-0.2, -0.15) is 0 Å². The predicted molar refractivity (Wildman–Crippen MR) is 99.8 cm³/mol. The van der Waals surface area contributed by atoms with Gasteiger partial charge in [0.05, 0.1) is 11.4 Å². The number of thioether (sulfide) groups is 1. The van der Waals surface area contributed by atoms with E-state index in [9.17, 15) is 9.59 Å². The van der Waals surface area contributed by atoms with E-state index in [0.29, 0.717) is 19.9 Å². The Kier molecular flexibility index (Phi) is 7.22. The number of benzene rings is 1. The summed E-state index contributed by atoms with van der Waals surface area (Å²) in [6, 6.07) is 6.66. The van der Waals surface area contributed by atoms with Gasteiger partial charge >= 0.3 is 6.03 Å². The first-order valence-electron chi connectivity index (χ1n) is 7.06. The van der Waals surface area contributed by atoms with Crippen molar-refractivity contribution < 1.29 is 9.59 Å². The fourth-order valence-electron chi connectivity index (χ4n) is 1.64. The minimum Gasteiger partial charge on any atom is -0.338 e. The molecule has 2 rings (SSSR count). The maximum atomic E-state index is 11.7. The van der Waals surface area contributed by atoms with Crippen LogP contribution in [0.4, 0.5) is 4.79 Å². The van der Waals surface area contributed by atoms with E-state index in [1.165, 1.54) is 23.1 Å². The first-order chi connectivity index (χ1) is 11.5. The second-order valence-electron chi connectivity index (χ2n) is 4.61. The topological polar surface area (TPSA) is 76.0 Å². The van der Waals surface area contributed by atoms with Crippen molar-refractivity contribution in [3.8, 4) is 5.69 Å². The highest BCUT2D eigenvalue weighted by Crippen LogP contribution is 2.24. The van der Waals surface area contributed by atoms with Crippen molar-refractivity contribution in [3.63, 3.8) is 0 Å². The van der Waals surface area contributed by atoms with Crippen LogP contribution in [0.3, 0.4) is 0 Å². The molecular formula is C14H15ClN4O2S3. The van der Waals surface area contributed by atoms with Crippen LogP contribution in [0.1, 0.15) is 13.3 Å². The number of amides is 3. The number of hydrogen-bond donors (Lipinski definition) is 2. The lowest BCUT2D eigenvalue weighted by Crippen LogP contribution is -2.40. The third kappa shape index (κ3) is 5.59. The number of hydrogen-bond acceptors (Lipinski definition) is 6. The van der Waals surface area contributed by atoms with Crippen molar-refractivity contribution in [2.24, 2.45) is 0 Å². The zero-order chi connectivity index (χ0) is 17.5. The Labute approximate surface area is 157 Å². The van der Waals surface area contributed by atoms with Crippen molar-refractivity contribution in [1.82, 2.24) is 20.4 Å². The summed E-state index contributed by atoms with van der Waals surface area (Å²) in [6.07, 6.45) is 0.807. The molecule has 128 valence electrons. The summed E-state index contributed by atoms with van der Waals surface area (Å²) in [5.41, 5.74) is 0.802. The van der Waals surface area contributed by atoms with E-state index in [-0.39, 0.29) is 11.7 Å². The Bertz CT molecular complexity index is 773. The number of carbonyl (C=O) groups is 2. The van der Waals surface area contributed by atoms with Crippen molar-refractivity contribution in [2.45, 2.75) is 17.7 Å². The summed E-state index contributed by atoms with van der Waals surface area (Å²) in [5.74, 6) is -0.296. The Morgan fingerprint density at radius 2 is 2.08 bits per heavy atom. The maximum absolute atomic E-state index is 11.7. The van der Waals surface area contributed by atoms with E-state index < -0.39 is 6.03 Å².